The van der Waals surface area contributed by atoms with Gasteiger partial charge in [-0.3, -0.25) is 4.79 Å². The van der Waals surface area contributed by atoms with E-state index in [2.05, 4.69) is 0 Å². The third kappa shape index (κ3) is 3.24. The summed E-state index contributed by atoms with van der Waals surface area (Å²) in [6.07, 6.45) is 7.66. The highest BCUT2D eigenvalue weighted by Crippen LogP contribution is 2.45. The highest BCUT2D eigenvalue weighted by atomic mass is 35.5. The van der Waals surface area contributed by atoms with Gasteiger partial charge in [0.25, 0.3) is 0 Å². The fourth-order valence-electron chi connectivity index (χ4n) is 4.51. The molecule has 1 aromatic carbocycles. The number of aromatic nitrogens is 1. The topological polar surface area (TPSA) is 88.6 Å². The zero-order valence-electron chi connectivity index (χ0n) is 16.1. The van der Waals surface area contributed by atoms with E-state index in [1.807, 2.05) is 24.3 Å². The summed E-state index contributed by atoms with van der Waals surface area (Å²) in [5.74, 6) is -2.25. The van der Waals surface area contributed by atoms with Crippen LogP contribution in [0.3, 0.4) is 0 Å². The molecule has 0 amide bonds. The Kier molecular flexibility index (Phi) is 5.15. The lowest BCUT2D eigenvalue weighted by atomic mass is 9.85. The van der Waals surface area contributed by atoms with Crippen molar-refractivity contribution in [3.8, 4) is 0 Å². The molecular weight excluding hydrogens is 451 g/mol. The minimum absolute atomic E-state index is 0. The zero-order chi connectivity index (χ0) is 21.4. The average molecular weight is 470 g/mol. The first-order valence-electron chi connectivity index (χ1n) is 9.55. The van der Waals surface area contributed by atoms with E-state index in [-0.39, 0.29) is 46.4 Å². The van der Waals surface area contributed by atoms with E-state index in [1.165, 1.54) is 4.57 Å². The maximum Gasteiger partial charge on any atom is 0.341 e. The van der Waals surface area contributed by atoms with Gasteiger partial charge in [-0.05, 0) is 6.07 Å². The summed E-state index contributed by atoms with van der Waals surface area (Å²) in [4.78, 5) is 25.9. The summed E-state index contributed by atoms with van der Waals surface area (Å²) in [7, 11) is 0. The number of benzene rings is 1. The Hall–Kier alpha value is -2.42. The monoisotopic (exact) mass is 469 g/mol. The lowest BCUT2D eigenvalue weighted by Gasteiger charge is -2.27. The number of pyridine rings is 1. The van der Waals surface area contributed by atoms with E-state index in [4.69, 9.17) is 17.3 Å². The van der Waals surface area contributed by atoms with Crippen LogP contribution in [0.4, 0.5) is 14.5 Å². The molecule has 3 N–H and O–H groups in total. The summed E-state index contributed by atoms with van der Waals surface area (Å²) < 4.78 is 30.4. The number of allylic oxidation sites excluding steroid dienone is 2. The van der Waals surface area contributed by atoms with Gasteiger partial charge in [0, 0.05) is 31.6 Å². The third-order valence-electron chi connectivity index (χ3n) is 6.20. The number of aromatic carboxylic acids is 1. The minimum Gasteiger partial charge on any atom is -0.477 e. The van der Waals surface area contributed by atoms with Gasteiger partial charge in [-0.25, -0.2) is 13.6 Å². The molecule has 1 aromatic heterocycles. The summed E-state index contributed by atoms with van der Waals surface area (Å²) in [6.45, 7) is 0.735. The van der Waals surface area contributed by atoms with Gasteiger partial charge >= 0.3 is 5.97 Å². The fourth-order valence-corrected chi connectivity index (χ4v) is 4.92. The SMILES string of the molecule is Cl.N[C@@]12C=CC=C[C@@H]1CN(c1c(F)cc3c(=O)c(C(=O)O)cn([C@@H]4C[C@@H]4F)c3c1Cl)C2. The molecule has 6 nitrogen and oxygen atoms in total. The van der Waals surface area contributed by atoms with Crippen LogP contribution >= 0.6 is 24.0 Å². The second-order valence-electron chi connectivity index (χ2n) is 8.16. The second kappa shape index (κ2) is 7.32. The van der Waals surface area contributed by atoms with E-state index < -0.39 is 40.5 Å². The Labute approximate surface area is 187 Å². The van der Waals surface area contributed by atoms with Crippen molar-refractivity contribution in [3.05, 3.63) is 63.2 Å². The summed E-state index contributed by atoms with van der Waals surface area (Å²) in [6, 6.07) is 0.351. The van der Waals surface area contributed by atoms with E-state index >= 15 is 4.39 Å². The van der Waals surface area contributed by atoms with Gasteiger partial charge in [0.15, 0.2) is 0 Å². The van der Waals surface area contributed by atoms with Crippen LogP contribution < -0.4 is 16.1 Å². The van der Waals surface area contributed by atoms with Gasteiger partial charge in [-0.2, -0.15) is 0 Å². The number of alkyl halides is 1. The van der Waals surface area contributed by atoms with Crippen molar-refractivity contribution in [2.24, 2.45) is 11.7 Å². The van der Waals surface area contributed by atoms with Crippen molar-refractivity contribution in [1.82, 2.24) is 4.57 Å². The first-order valence-corrected chi connectivity index (χ1v) is 9.93. The normalized spacial score (nSPS) is 28.5. The number of carboxylic acids is 1. The third-order valence-corrected chi connectivity index (χ3v) is 6.56. The van der Waals surface area contributed by atoms with Gasteiger partial charge < -0.3 is 20.3 Å². The van der Waals surface area contributed by atoms with Crippen LogP contribution in [0.25, 0.3) is 10.9 Å². The zero-order valence-corrected chi connectivity index (χ0v) is 17.7. The largest absolute Gasteiger partial charge is 0.477 e. The number of rotatable bonds is 3. The van der Waals surface area contributed by atoms with Crippen molar-refractivity contribution >= 4 is 46.6 Å². The highest BCUT2D eigenvalue weighted by Gasteiger charge is 2.44. The first kappa shape index (κ1) is 21.8. The molecule has 2 aromatic rings. The molecule has 0 spiro atoms. The number of halogens is 4. The molecule has 31 heavy (non-hydrogen) atoms. The minimum atomic E-state index is -1.46. The Morgan fingerprint density at radius 1 is 1.35 bits per heavy atom. The average Bonchev–Trinajstić information content (AvgIpc) is 3.29. The van der Waals surface area contributed by atoms with Crippen LogP contribution in [-0.4, -0.2) is 40.4 Å². The number of carboxylic acid groups (broad SMARTS) is 1. The Morgan fingerprint density at radius 3 is 2.68 bits per heavy atom. The van der Waals surface area contributed by atoms with Gasteiger partial charge in [0.05, 0.1) is 33.2 Å². The number of anilines is 1. The molecule has 10 heteroatoms. The van der Waals surface area contributed by atoms with Crippen molar-refractivity contribution in [1.29, 1.82) is 0 Å². The second-order valence-corrected chi connectivity index (χ2v) is 8.54. The van der Waals surface area contributed by atoms with Gasteiger partial charge in [-0.15, -0.1) is 12.4 Å². The van der Waals surface area contributed by atoms with E-state index in [9.17, 15) is 19.1 Å². The van der Waals surface area contributed by atoms with Crippen LogP contribution in [0.15, 0.2) is 41.4 Å². The first-order chi connectivity index (χ1) is 14.2. The van der Waals surface area contributed by atoms with Gasteiger partial charge in [0.1, 0.15) is 17.6 Å². The number of hydrogen-bond donors (Lipinski definition) is 2. The van der Waals surface area contributed by atoms with Crippen molar-refractivity contribution in [2.75, 3.05) is 18.0 Å². The molecule has 1 saturated carbocycles. The molecule has 1 saturated heterocycles. The van der Waals surface area contributed by atoms with Crippen molar-refractivity contribution in [3.63, 3.8) is 0 Å². The predicted octanol–water partition coefficient (Wildman–Crippen LogP) is 3.46. The molecule has 164 valence electrons. The van der Waals surface area contributed by atoms with Crippen LogP contribution in [-0.2, 0) is 0 Å². The molecule has 0 radical (unpaired) electrons. The highest BCUT2D eigenvalue weighted by molar-refractivity contribution is 6.38. The summed E-state index contributed by atoms with van der Waals surface area (Å²) >= 11 is 6.61. The van der Waals surface area contributed by atoms with E-state index in [1.54, 1.807) is 4.90 Å². The molecule has 2 aliphatic carbocycles. The standard InChI is InChI=1S/C21H18ClF2N3O3.ClH/c22-16-17-11(19(28)12(20(29)30)8-27(17)15-6-13(15)23)5-14(24)18(16)26-7-10-3-1-2-4-21(10,25)9-26;/h1-5,8,10,13,15H,6-7,9,25H2,(H,29,30);1H/t10-,13+,15-,21-;/m1./s1. The lowest BCUT2D eigenvalue weighted by molar-refractivity contribution is 0.0694. The Morgan fingerprint density at radius 2 is 2.06 bits per heavy atom. The molecule has 2 heterocycles. The smallest absolute Gasteiger partial charge is 0.341 e. The van der Waals surface area contributed by atoms with Crippen LogP contribution in [0, 0.1) is 11.7 Å². The molecule has 0 unspecified atom stereocenters. The van der Waals surface area contributed by atoms with Crippen LogP contribution in [0.2, 0.25) is 5.02 Å². The maximum absolute atomic E-state index is 15.2. The number of nitrogens with two attached hydrogens (primary N) is 1. The van der Waals surface area contributed by atoms with Crippen molar-refractivity contribution in [2.45, 2.75) is 24.2 Å². The molecule has 4 atom stereocenters. The molecule has 1 aliphatic heterocycles. The lowest BCUT2D eigenvalue weighted by Crippen LogP contribution is -2.46. The quantitative estimate of drug-likeness (QED) is 0.718. The summed E-state index contributed by atoms with van der Waals surface area (Å²) in [5.41, 5.74) is 4.62. The number of carbonyl (C=O) groups is 1. The molecular formula is C21H19Cl2F2N3O3. The fraction of sp³-hybridized carbons (Fsp3) is 0.333. The maximum atomic E-state index is 15.2. The molecule has 2 fully saturated rings. The van der Waals surface area contributed by atoms with Crippen molar-refractivity contribution < 1.29 is 18.7 Å². The van der Waals surface area contributed by atoms with E-state index in [0.717, 1.165) is 12.3 Å². The number of nitrogens with zero attached hydrogens (tertiary/aromatic N) is 2. The van der Waals surface area contributed by atoms with E-state index in [0.29, 0.717) is 13.1 Å². The number of fused-ring (bicyclic) bond motifs is 2. The Balaban J connectivity index is 0.00000231. The van der Waals surface area contributed by atoms with Gasteiger partial charge in [-0.1, -0.05) is 35.9 Å². The molecule has 0 bridgehead atoms. The van der Waals surface area contributed by atoms with Gasteiger partial charge in [0.2, 0.25) is 5.43 Å². The molecule has 5 rings (SSSR count). The summed E-state index contributed by atoms with van der Waals surface area (Å²) in [5, 5.41) is 9.13. The number of hydrogen-bond acceptors (Lipinski definition) is 4. The predicted molar refractivity (Wildman–Crippen MR) is 117 cm³/mol. The Bertz CT molecular complexity index is 1230. The molecule has 3 aliphatic rings. The van der Waals surface area contributed by atoms with Crippen LogP contribution in [0.5, 0.6) is 0 Å². The van der Waals surface area contributed by atoms with Crippen LogP contribution in [0.1, 0.15) is 22.8 Å².